The SMILES string of the molecule is CCOC(Cc1ccc(OCCN(CCCCCC(C)(F)F)C(=O)Nc2ccc([N+](=O)[O-])cc2)cc1)C(=O)O. The molecule has 2 amide bonds. The molecule has 0 aliphatic heterocycles. The molecule has 2 aromatic carbocycles. The van der Waals surface area contributed by atoms with Gasteiger partial charge in [-0.3, -0.25) is 10.1 Å². The number of nitrogens with one attached hydrogen (secondary N) is 1. The van der Waals surface area contributed by atoms with Gasteiger partial charge in [0.15, 0.2) is 6.10 Å². The second kappa shape index (κ2) is 15.6. The maximum Gasteiger partial charge on any atom is 0.333 e. The van der Waals surface area contributed by atoms with Crippen LogP contribution in [0.4, 0.5) is 25.0 Å². The van der Waals surface area contributed by atoms with Crippen LogP contribution in [0.3, 0.4) is 0 Å². The molecule has 0 radical (unpaired) electrons. The van der Waals surface area contributed by atoms with Gasteiger partial charge in [-0.2, -0.15) is 0 Å². The van der Waals surface area contributed by atoms with Gasteiger partial charge in [-0.05, 0) is 56.5 Å². The predicted octanol–water partition coefficient (Wildman–Crippen LogP) is 5.76. The molecule has 39 heavy (non-hydrogen) atoms. The summed E-state index contributed by atoms with van der Waals surface area (Å²) in [5, 5.41) is 22.8. The summed E-state index contributed by atoms with van der Waals surface area (Å²) in [5.41, 5.74) is 1.04. The van der Waals surface area contributed by atoms with Crippen molar-refractivity contribution in [3.8, 4) is 5.75 Å². The summed E-state index contributed by atoms with van der Waals surface area (Å²) in [6.45, 7) is 3.56. The smallest absolute Gasteiger partial charge is 0.333 e. The molecule has 214 valence electrons. The fourth-order valence-corrected chi connectivity index (χ4v) is 3.73. The van der Waals surface area contributed by atoms with Crippen molar-refractivity contribution >= 4 is 23.4 Å². The van der Waals surface area contributed by atoms with Gasteiger partial charge in [0.05, 0.1) is 11.5 Å². The highest BCUT2D eigenvalue weighted by Gasteiger charge is 2.20. The molecule has 2 N–H and O–H groups in total. The number of alkyl halides is 2. The number of carboxylic acids is 1. The third-order valence-corrected chi connectivity index (χ3v) is 5.78. The lowest BCUT2D eigenvalue weighted by atomic mass is 10.1. The molecule has 2 aromatic rings. The van der Waals surface area contributed by atoms with Gasteiger partial charge in [-0.15, -0.1) is 0 Å². The zero-order valence-electron chi connectivity index (χ0n) is 22.1. The summed E-state index contributed by atoms with van der Waals surface area (Å²) >= 11 is 0. The lowest BCUT2D eigenvalue weighted by molar-refractivity contribution is -0.384. The van der Waals surface area contributed by atoms with Crippen molar-refractivity contribution in [2.24, 2.45) is 0 Å². The Morgan fingerprint density at radius 3 is 2.31 bits per heavy atom. The van der Waals surface area contributed by atoms with E-state index in [9.17, 15) is 33.6 Å². The van der Waals surface area contributed by atoms with Crippen LogP contribution in [-0.4, -0.2) is 65.3 Å². The number of carbonyl (C=O) groups is 2. The van der Waals surface area contributed by atoms with Crippen LogP contribution in [0.25, 0.3) is 0 Å². The number of carbonyl (C=O) groups excluding carboxylic acids is 1. The molecule has 0 bridgehead atoms. The molecule has 0 heterocycles. The second-order valence-corrected chi connectivity index (χ2v) is 9.08. The summed E-state index contributed by atoms with van der Waals surface area (Å²) in [7, 11) is 0. The summed E-state index contributed by atoms with van der Waals surface area (Å²) < 4.78 is 37.1. The van der Waals surface area contributed by atoms with E-state index in [1.165, 1.54) is 29.2 Å². The number of unbranched alkanes of at least 4 members (excludes halogenated alkanes) is 2. The Morgan fingerprint density at radius 1 is 1.08 bits per heavy atom. The van der Waals surface area contributed by atoms with Crippen LogP contribution in [0.15, 0.2) is 48.5 Å². The molecule has 0 spiro atoms. The maximum atomic E-state index is 13.1. The normalized spacial score (nSPS) is 12.0. The van der Waals surface area contributed by atoms with E-state index in [-0.39, 0.29) is 38.3 Å². The Kier molecular flexibility index (Phi) is 12.5. The number of hydrogen-bond acceptors (Lipinski definition) is 6. The Morgan fingerprint density at radius 2 is 1.74 bits per heavy atom. The average Bonchev–Trinajstić information content (AvgIpc) is 2.87. The van der Waals surface area contributed by atoms with Crippen LogP contribution >= 0.6 is 0 Å². The second-order valence-electron chi connectivity index (χ2n) is 9.08. The largest absolute Gasteiger partial charge is 0.492 e. The number of rotatable bonds is 17. The highest BCUT2D eigenvalue weighted by atomic mass is 19.3. The van der Waals surface area contributed by atoms with Crippen LogP contribution in [0, 0.1) is 10.1 Å². The topological polar surface area (TPSA) is 131 Å². The summed E-state index contributed by atoms with van der Waals surface area (Å²) in [5.74, 6) is -3.23. The van der Waals surface area contributed by atoms with E-state index in [2.05, 4.69) is 5.32 Å². The number of hydrogen-bond donors (Lipinski definition) is 2. The average molecular weight is 552 g/mol. The minimum Gasteiger partial charge on any atom is -0.492 e. The first-order chi connectivity index (χ1) is 18.5. The number of aliphatic carboxylic acids is 1. The van der Waals surface area contributed by atoms with Crippen LogP contribution < -0.4 is 10.1 Å². The van der Waals surface area contributed by atoms with E-state index in [1.807, 2.05) is 0 Å². The first-order valence-electron chi connectivity index (χ1n) is 12.7. The molecule has 0 saturated carbocycles. The van der Waals surface area contributed by atoms with Gasteiger partial charge in [-0.25, -0.2) is 18.4 Å². The van der Waals surface area contributed by atoms with Crippen LogP contribution in [0.5, 0.6) is 5.75 Å². The van der Waals surface area contributed by atoms with E-state index in [4.69, 9.17) is 9.47 Å². The van der Waals surface area contributed by atoms with Crippen molar-refractivity contribution in [3.63, 3.8) is 0 Å². The third kappa shape index (κ3) is 12.1. The zero-order valence-corrected chi connectivity index (χ0v) is 22.1. The van der Waals surface area contributed by atoms with Crippen molar-refractivity contribution in [1.29, 1.82) is 0 Å². The van der Waals surface area contributed by atoms with Crippen LogP contribution in [0.2, 0.25) is 0 Å². The number of ether oxygens (including phenoxy) is 2. The van der Waals surface area contributed by atoms with Gasteiger partial charge >= 0.3 is 12.0 Å². The first-order valence-corrected chi connectivity index (χ1v) is 12.7. The fraction of sp³-hybridized carbons (Fsp3) is 0.481. The lowest BCUT2D eigenvalue weighted by Gasteiger charge is -2.23. The summed E-state index contributed by atoms with van der Waals surface area (Å²) in [4.78, 5) is 36.0. The quantitative estimate of drug-likeness (QED) is 0.145. The Bertz CT molecular complexity index is 1060. The molecular formula is C27H35F2N3O7. The van der Waals surface area contributed by atoms with Gasteiger partial charge in [0, 0.05) is 43.8 Å². The van der Waals surface area contributed by atoms with E-state index in [0.29, 0.717) is 37.2 Å². The number of amides is 2. The summed E-state index contributed by atoms with van der Waals surface area (Å²) in [6, 6.07) is 11.9. The highest BCUT2D eigenvalue weighted by molar-refractivity contribution is 5.89. The number of urea groups is 1. The van der Waals surface area contributed by atoms with Gasteiger partial charge in [-0.1, -0.05) is 18.6 Å². The van der Waals surface area contributed by atoms with Crippen molar-refractivity contribution in [3.05, 3.63) is 64.2 Å². The predicted molar refractivity (Wildman–Crippen MR) is 141 cm³/mol. The Hall–Kier alpha value is -3.80. The maximum absolute atomic E-state index is 13.1. The van der Waals surface area contributed by atoms with Gasteiger partial charge in [0.1, 0.15) is 12.4 Å². The molecule has 10 nitrogen and oxygen atoms in total. The molecule has 0 aliphatic rings. The van der Waals surface area contributed by atoms with Gasteiger partial charge in [0.2, 0.25) is 5.92 Å². The number of nitro benzene ring substituents is 1. The molecule has 1 unspecified atom stereocenters. The first kappa shape index (κ1) is 31.4. The molecule has 0 aromatic heterocycles. The highest BCUT2D eigenvalue weighted by Crippen LogP contribution is 2.21. The molecule has 0 fully saturated rings. The molecule has 1 atom stereocenters. The monoisotopic (exact) mass is 551 g/mol. The molecule has 2 rings (SSSR count). The Balaban J connectivity index is 1.94. The molecule has 12 heteroatoms. The summed E-state index contributed by atoms with van der Waals surface area (Å²) in [6.07, 6.45) is 0.419. The van der Waals surface area contributed by atoms with E-state index in [0.717, 1.165) is 12.5 Å². The number of carboxylic acid groups (broad SMARTS) is 1. The van der Waals surface area contributed by atoms with E-state index < -0.39 is 29.0 Å². The van der Waals surface area contributed by atoms with Crippen LogP contribution in [-0.2, 0) is 16.0 Å². The van der Waals surface area contributed by atoms with Crippen molar-refractivity contribution in [2.75, 3.05) is 31.6 Å². The molecule has 0 saturated heterocycles. The number of nitrogens with zero attached hydrogens (tertiary/aromatic N) is 2. The van der Waals surface area contributed by atoms with Crippen molar-refractivity contribution in [2.45, 2.75) is 58.0 Å². The number of benzene rings is 2. The number of nitro groups is 1. The van der Waals surface area contributed by atoms with E-state index >= 15 is 0 Å². The van der Waals surface area contributed by atoms with Crippen LogP contribution in [0.1, 0.15) is 45.1 Å². The lowest BCUT2D eigenvalue weighted by Crippen LogP contribution is -2.38. The fourth-order valence-electron chi connectivity index (χ4n) is 3.73. The number of non-ortho nitro benzene ring substituents is 1. The van der Waals surface area contributed by atoms with Crippen molar-refractivity contribution in [1.82, 2.24) is 4.90 Å². The third-order valence-electron chi connectivity index (χ3n) is 5.78. The van der Waals surface area contributed by atoms with E-state index in [1.54, 1.807) is 31.2 Å². The number of halogens is 2. The van der Waals surface area contributed by atoms with Gasteiger partial charge < -0.3 is 24.8 Å². The standard InChI is InChI=1S/C27H35F2N3O7/c1-3-38-24(25(33)34)19-20-7-13-23(14-8-20)39-18-17-31(16-6-4-5-15-27(2,28)29)26(35)30-21-9-11-22(12-10-21)32(36)37/h7-14,24H,3-6,15-19H2,1-2H3,(H,30,35)(H,33,34). The molecular weight excluding hydrogens is 516 g/mol. The Labute approximate surface area is 226 Å². The molecule has 0 aliphatic carbocycles. The van der Waals surface area contributed by atoms with Gasteiger partial charge in [0.25, 0.3) is 5.69 Å². The van der Waals surface area contributed by atoms with Crippen molar-refractivity contribution < 1.29 is 37.9 Å². The minimum absolute atomic E-state index is 0.103. The number of anilines is 1. The minimum atomic E-state index is -2.73. The zero-order chi connectivity index (χ0) is 28.8.